The first kappa shape index (κ1) is 19.9. The van der Waals surface area contributed by atoms with Gasteiger partial charge in [-0.1, -0.05) is 18.2 Å². The van der Waals surface area contributed by atoms with Gasteiger partial charge in [-0.3, -0.25) is 9.59 Å². The summed E-state index contributed by atoms with van der Waals surface area (Å²) < 4.78 is 0. The predicted molar refractivity (Wildman–Crippen MR) is 112 cm³/mol. The van der Waals surface area contributed by atoms with Crippen molar-refractivity contribution in [3.63, 3.8) is 0 Å². The van der Waals surface area contributed by atoms with Crippen molar-refractivity contribution in [1.29, 1.82) is 0 Å². The molecule has 2 heterocycles. The zero-order valence-electron chi connectivity index (χ0n) is 16.9. The zero-order chi connectivity index (χ0) is 20.1. The number of rotatable bonds is 5. The molecule has 2 amide bonds. The van der Waals surface area contributed by atoms with Gasteiger partial charge in [0.15, 0.2) is 0 Å². The van der Waals surface area contributed by atoms with Gasteiger partial charge in [0.1, 0.15) is 5.82 Å². The molecule has 0 spiro atoms. The minimum atomic E-state index is -0.0403. The molecule has 0 bridgehead atoms. The second-order valence-corrected chi connectivity index (χ2v) is 7.27. The van der Waals surface area contributed by atoms with Crippen LogP contribution in [0.3, 0.4) is 0 Å². The number of pyridine rings is 1. The second-order valence-electron chi connectivity index (χ2n) is 7.27. The van der Waals surface area contributed by atoms with Gasteiger partial charge in [-0.05, 0) is 43.2 Å². The molecule has 148 valence electrons. The fourth-order valence-corrected chi connectivity index (χ4v) is 3.55. The monoisotopic (exact) mass is 380 g/mol. The lowest BCUT2D eigenvalue weighted by molar-refractivity contribution is -0.131. The first-order chi connectivity index (χ1) is 13.5. The van der Waals surface area contributed by atoms with E-state index in [1.165, 1.54) is 0 Å². The molecule has 0 atom stereocenters. The van der Waals surface area contributed by atoms with Gasteiger partial charge in [-0.25, -0.2) is 4.98 Å². The van der Waals surface area contributed by atoms with Crippen molar-refractivity contribution in [1.82, 2.24) is 9.88 Å². The summed E-state index contributed by atoms with van der Waals surface area (Å²) in [7, 11) is 0. The van der Waals surface area contributed by atoms with Crippen molar-refractivity contribution in [3.05, 3.63) is 53.7 Å². The van der Waals surface area contributed by atoms with Crippen LogP contribution in [0.2, 0.25) is 0 Å². The van der Waals surface area contributed by atoms with Gasteiger partial charge < -0.3 is 14.7 Å². The van der Waals surface area contributed by atoms with Crippen LogP contribution in [-0.2, 0) is 9.59 Å². The van der Waals surface area contributed by atoms with Gasteiger partial charge in [0.25, 0.3) is 0 Å². The summed E-state index contributed by atoms with van der Waals surface area (Å²) >= 11 is 0. The van der Waals surface area contributed by atoms with E-state index < -0.39 is 0 Å². The quantitative estimate of drug-likeness (QED) is 0.800. The molecule has 0 unspecified atom stereocenters. The van der Waals surface area contributed by atoms with Crippen molar-refractivity contribution in [2.75, 3.05) is 42.5 Å². The SMILES string of the molecule is CC(=O)N(CCC(=O)N1CCN(c2ccccn2)CC1)c1cc(C)ccc1C. The molecule has 28 heavy (non-hydrogen) atoms. The Morgan fingerprint density at radius 3 is 2.46 bits per heavy atom. The maximum absolute atomic E-state index is 12.7. The summed E-state index contributed by atoms with van der Waals surface area (Å²) in [6.45, 7) is 8.86. The molecule has 1 aliphatic heterocycles. The first-order valence-corrected chi connectivity index (χ1v) is 9.75. The number of anilines is 2. The first-order valence-electron chi connectivity index (χ1n) is 9.75. The van der Waals surface area contributed by atoms with Crippen LogP contribution in [0, 0.1) is 13.8 Å². The Kier molecular flexibility index (Phi) is 6.29. The molecule has 1 aliphatic rings. The third-order valence-corrected chi connectivity index (χ3v) is 5.19. The van der Waals surface area contributed by atoms with Crippen LogP contribution in [0.25, 0.3) is 0 Å². The molecule has 1 saturated heterocycles. The van der Waals surface area contributed by atoms with Crippen LogP contribution in [-0.4, -0.2) is 54.4 Å². The highest BCUT2D eigenvalue weighted by atomic mass is 16.2. The number of aromatic nitrogens is 1. The molecule has 6 nitrogen and oxygen atoms in total. The maximum atomic E-state index is 12.7. The van der Waals surface area contributed by atoms with E-state index in [4.69, 9.17) is 0 Å². The number of carbonyl (C=O) groups excluding carboxylic acids is 2. The molecule has 3 rings (SSSR count). The summed E-state index contributed by atoms with van der Waals surface area (Å²) in [4.78, 5) is 35.1. The van der Waals surface area contributed by atoms with Gasteiger partial charge in [0, 0.05) is 58.0 Å². The third kappa shape index (κ3) is 4.68. The van der Waals surface area contributed by atoms with Gasteiger partial charge in [-0.2, -0.15) is 0 Å². The number of benzene rings is 1. The van der Waals surface area contributed by atoms with Crippen molar-refractivity contribution in [3.8, 4) is 0 Å². The Hall–Kier alpha value is -2.89. The number of nitrogens with zero attached hydrogens (tertiary/aromatic N) is 4. The lowest BCUT2D eigenvalue weighted by atomic mass is 10.1. The summed E-state index contributed by atoms with van der Waals surface area (Å²) in [5.74, 6) is 1.01. The standard InChI is InChI=1S/C22H28N4O2/c1-17-7-8-18(2)20(16-17)26(19(3)27)11-9-22(28)25-14-12-24(13-15-25)21-6-4-5-10-23-21/h4-8,10,16H,9,11-15H2,1-3H3. The number of amides is 2. The molecule has 0 saturated carbocycles. The molecule has 0 N–H and O–H groups in total. The van der Waals surface area contributed by atoms with Gasteiger partial charge in [-0.15, -0.1) is 0 Å². The molecule has 0 aliphatic carbocycles. The molecule has 2 aromatic rings. The second kappa shape index (κ2) is 8.87. The average molecular weight is 380 g/mol. The number of carbonyl (C=O) groups is 2. The fraction of sp³-hybridized carbons (Fsp3) is 0.409. The molecule has 1 aromatic carbocycles. The fourth-order valence-electron chi connectivity index (χ4n) is 3.55. The van der Waals surface area contributed by atoms with E-state index in [2.05, 4.69) is 9.88 Å². The molecule has 0 radical (unpaired) electrons. The highest BCUT2D eigenvalue weighted by Gasteiger charge is 2.23. The minimum Gasteiger partial charge on any atom is -0.353 e. The lowest BCUT2D eigenvalue weighted by Gasteiger charge is -2.35. The third-order valence-electron chi connectivity index (χ3n) is 5.19. The van der Waals surface area contributed by atoms with Gasteiger partial charge in [0.2, 0.25) is 11.8 Å². The highest BCUT2D eigenvalue weighted by molar-refractivity contribution is 5.93. The number of hydrogen-bond donors (Lipinski definition) is 0. The van der Waals surface area contributed by atoms with E-state index in [0.29, 0.717) is 26.1 Å². The Balaban J connectivity index is 1.57. The Bertz CT molecular complexity index is 830. The van der Waals surface area contributed by atoms with E-state index in [0.717, 1.165) is 35.7 Å². The smallest absolute Gasteiger partial charge is 0.224 e. The van der Waals surface area contributed by atoms with Gasteiger partial charge in [0.05, 0.1) is 0 Å². The lowest BCUT2D eigenvalue weighted by Crippen LogP contribution is -2.49. The summed E-state index contributed by atoms with van der Waals surface area (Å²) in [5.41, 5.74) is 3.03. The normalized spacial score (nSPS) is 14.1. The van der Waals surface area contributed by atoms with Crippen LogP contribution in [0.4, 0.5) is 11.5 Å². The van der Waals surface area contributed by atoms with Crippen LogP contribution >= 0.6 is 0 Å². The molecular weight excluding hydrogens is 352 g/mol. The minimum absolute atomic E-state index is 0.0403. The van der Waals surface area contributed by atoms with E-state index >= 15 is 0 Å². The van der Waals surface area contributed by atoms with E-state index in [1.54, 1.807) is 18.0 Å². The van der Waals surface area contributed by atoms with E-state index in [1.807, 2.05) is 55.1 Å². The zero-order valence-corrected chi connectivity index (χ0v) is 16.9. The van der Waals surface area contributed by atoms with Crippen LogP contribution in [0.5, 0.6) is 0 Å². The Labute approximate surface area is 166 Å². The molecule has 6 heteroatoms. The Morgan fingerprint density at radius 2 is 1.82 bits per heavy atom. The topological polar surface area (TPSA) is 56.8 Å². The van der Waals surface area contributed by atoms with Crippen molar-refractivity contribution >= 4 is 23.3 Å². The van der Waals surface area contributed by atoms with Crippen LogP contribution in [0.1, 0.15) is 24.5 Å². The molecule has 1 fully saturated rings. The average Bonchev–Trinajstić information content (AvgIpc) is 2.71. The van der Waals surface area contributed by atoms with Crippen molar-refractivity contribution in [2.45, 2.75) is 27.2 Å². The van der Waals surface area contributed by atoms with E-state index in [-0.39, 0.29) is 11.8 Å². The van der Waals surface area contributed by atoms with Crippen LogP contribution in [0.15, 0.2) is 42.6 Å². The largest absolute Gasteiger partial charge is 0.353 e. The maximum Gasteiger partial charge on any atom is 0.224 e. The van der Waals surface area contributed by atoms with Gasteiger partial charge >= 0.3 is 0 Å². The van der Waals surface area contributed by atoms with Crippen molar-refractivity contribution in [2.24, 2.45) is 0 Å². The summed E-state index contributed by atoms with van der Waals surface area (Å²) in [6.07, 6.45) is 2.12. The number of aryl methyl sites for hydroxylation is 2. The number of piperazine rings is 1. The predicted octanol–water partition coefficient (Wildman–Crippen LogP) is 2.79. The summed E-state index contributed by atoms with van der Waals surface area (Å²) in [6, 6.07) is 11.9. The highest BCUT2D eigenvalue weighted by Crippen LogP contribution is 2.22. The molecule has 1 aromatic heterocycles. The van der Waals surface area contributed by atoms with E-state index in [9.17, 15) is 9.59 Å². The molecular formula is C22H28N4O2. The Morgan fingerprint density at radius 1 is 1.07 bits per heavy atom. The summed E-state index contributed by atoms with van der Waals surface area (Å²) in [5, 5.41) is 0. The number of hydrogen-bond acceptors (Lipinski definition) is 4. The van der Waals surface area contributed by atoms with Crippen molar-refractivity contribution < 1.29 is 9.59 Å². The van der Waals surface area contributed by atoms with Crippen LogP contribution < -0.4 is 9.80 Å².